The highest BCUT2D eigenvalue weighted by Crippen LogP contribution is 2.28. The lowest BCUT2D eigenvalue weighted by Crippen LogP contribution is -2.32. The molecule has 3 rings (SSSR count). The molecule has 2 aromatic carbocycles. The molecule has 1 saturated heterocycles. The van der Waals surface area contributed by atoms with Gasteiger partial charge < -0.3 is 14.9 Å². The third-order valence-corrected chi connectivity index (χ3v) is 7.10. The van der Waals surface area contributed by atoms with E-state index in [1.165, 1.54) is 22.7 Å². The van der Waals surface area contributed by atoms with Crippen molar-refractivity contribution < 1.29 is 23.4 Å². The van der Waals surface area contributed by atoms with E-state index in [2.05, 4.69) is 0 Å². The highest BCUT2D eigenvalue weighted by molar-refractivity contribution is 7.88. The van der Waals surface area contributed by atoms with Gasteiger partial charge in [-0.1, -0.05) is 46.4 Å². The van der Waals surface area contributed by atoms with Gasteiger partial charge in [-0.3, -0.25) is 0 Å². The quantitative estimate of drug-likeness (QED) is 0.608. The van der Waals surface area contributed by atoms with Crippen LogP contribution >= 0.6 is 46.4 Å². The fourth-order valence-corrected chi connectivity index (χ4v) is 4.17. The molecule has 2 N–H and O–H groups in total. The molecule has 6 nitrogen and oxygen atoms in total. The molecule has 2 aromatic rings. The number of halogens is 4. The summed E-state index contributed by atoms with van der Waals surface area (Å²) < 4.78 is 30.2. The molecule has 1 aliphatic rings. The van der Waals surface area contributed by atoms with Gasteiger partial charge in [0.1, 0.15) is 17.6 Å². The SMILES string of the molecule is CS(=O)(=O)N1CC[C@@H](O)[C@H](Oc2ccc(Cl)c(Cl)c2)CC1.Oc1ccc(Cl)c(Cl)c1. The number of hydrogen-bond acceptors (Lipinski definition) is 5. The summed E-state index contributed by atoms with van der Waals surface area (Å²) in [5.74, 6) is 0.630. The van der Waals surface area contributed by atoms with Gasteiger partial charge in [0, 0.05) is 25.6 Å². The van der Waals surface area contributed by atoms with Crippen LogP contribution in [-0.4, -0.2) is 54.5 Å². The minimum atomic E-state index is -3.25. The molecule has 0 saturated carbocycles. The van der Waals surface area contributed by atoms with Crippen LogP contribution in [0.4, 0.5) is 0 Å². The number of aliphatic hydroxyl groups excluding tert-OH is 1. The predicted molar refractivity (Wildman–Crippen MR) is 121 cm³/mol. The van der Waals surface area contributed by atoms with E-state index in [4.69, 9.17) is 56.2 Å². The Morgan fingerprint density at radius 3 is 2.03 bits per heavy atom. The Morgan fingerprint density at radius 1 is 0.933 bits per heavy atom. The maximum Gasteiger partial charge on any atom is 0.211 e. The first kappa shape index (κ1) is 25.3. The van der Waals surface area contributed by atoms with Gasteiger partial charge in [0.15, 0.2) is 0 Å². The van der Waals surface area contributed by atoms with Gasteiger partial charge in [-0.05, 0) is 36.8 Å². The number of aliphatic hydroxyl groups is 1. The number of phenols is 1. The van der Waals surface area contributed by atoms with Crippen molar-refractivity contribution in [2.24, 2.45) is 0 Å². The van der Waals surface area contributed by atoms with Crippen LogP contribution in [0.25, 0.3) is 0 Å². The fourth-order valence-electron chi connectivity index (χ4n) is 2.72. The molecule has 0 aromatic heterocycles. The normalized spacial score (nSPS) is 20.1. The monoisotopic (exact) mass is 515 g/mol. The summed E-state index contributed by atoms with van der Waals surface area (Å²) in [5.41, 5.74) is 0. The van der Waals surface area contributed by atoms with Crippen LogP contribution in [0.2, 0.25) is 20.1 Å². The second-order valence-corrected chi connectivity index (χ2v) is 10.2. The zero-order valence-corrected chi connectivity index (χ0v) is 19.8. The zero-order chi connectivity index (χ0) is 22.5. The summed E-state index contributed by atoms with van der Waals surface area (Å²) >= 11 is 22.8. The molecular formula is C19H21Cl4NO5S. The Balaban J connectivity index is 0.000000297. The number of aromatic hydroxyl groups is 1. The first-order chi connectivity index (χ1) is 14.0. The average Bonchev–Trinajstić information content (AvgIpc) is 2.84. The number of phenolic OH excluding ortho intramolecular Hbond substituents is 1. The molecule has 0 radical (unpaired) electrons. The van der Waals surface area contributed by atoms with E-state index in [0.717, 1.165) is 0 Å². The number of hydrogen-bond donors (Lipinski definition) is 2. The molecule has 166 valence electrons. The van der Waals surface area contributed by atoms with Gasteiger partial charge in [-0.15, -0.1) is 0 Å². The predicted octanol–water partition coefficient (Wildman–Crippen LogP) is 4.86. The fraction of sp³-hybridized carbons (Fsp3) is 0.368. The van der Waals surface area contributed by atoms with Crippen LogP contribution in [0, 0.1) is 0 Å². The van der Waals surface area contributed by atoms with E-state index in [1.54, 1.807) is 24.3 Å². The molecule has 11 heteroatoms. The smallest absolute Gasteiger partial charge is 0.211 e. The van der Waals surface area contributed by atoms with E-state index < -0.39 is 22.2 Å². The molecule has 1 heterocycles. The molecule has 0 aliphatic carbocycles. The summed E-state index contributed by atoms with van der Waals surface area (Å²) in [5, 5.41) is 20.5. The largest absolute Gasteiger partial charge is 0.508 e. The summed E-state index contributed by atoms with van der Waals surface area (Å²) in [7, 11) is -3.25. The van der Waals surface area contributed by atoms with Crippen LogP contribution in [0.15, 0.2) is 36.4 Å². The van der Waals surface area contributed by atoms with E-state index >= 15 is 0 Å². The minimum Gasteiger partial charge on any atom is -0.508 e. The van der Waals surface area contributed by atoms with Crippen molar-refractivity contribution in [3.63, 3.8) is 0 Å². The van der Waals surface area contributed by atoms with Crippen molar-refractivity contribution in [1.82, 2.24) is 4.31 Å². The molecule has 0 unspecified atom stereocenters. The van der Waals surface area contributed by atoms with Gasteiger partial charge in [0.25, 0.3) is 0 Å². The summed E-state index contributed by atoms with van der Waals surface area (Å²) in [6, 6.07) is 9.28. The van der Waals surface area contributed by atoms with Crippen LogP contribution in [-0.2, 0) is 10.0 Å². The number of ether oxygens (including phenoxy) is 1. The molecule has 0 amide bonds. The summed E-state index contributed by atoms with van der Waals surface area (Å²) in [4.78, 5) is 0. The molecule has 0 spiro atoms. The van der Waals surface area contributed by atoms with E-state index in [0.29, 0.717) is 51.8 Å². The third-order valence-electron chi connectivity index (χ3n) is 4.32. The first-order valence-electron chi connectivity index (χ1n) is 8.86. The molecule has 30 heavy (non-hydrogen) atoms. The van der Waals surface area contributed by atoms with Crippen LogP contribution in [0.3, 0.4) is 0 Å². The van der Waals surface area contributed by atoms with Crippen molar-refractivity contribution in [2.75, 3.05) is 19.3 Å². The lowest BCUT2D eigenvalue weighted by molar-refractivity contribution is 0.0350. The Kier molecular flexibility index (Phi) is 9.36. The standard InChI is InChI=1S/C13H17Cl2NO4S.C6H4Cl2O/c1-21(18,19)16-6-4-12(17)13(5-7-16)20-9-2-3-10(14)11(15)8-9;7-5-2-1-4(9)3-6(5)8/h2-3,8,12-13,17H,4-7H2,1H3;1-3,9H/t12-,13-;/m1./s1. The van der Waals surface area contributed by atoms with Crippen LogP contribution in [0.1, 0.15) is 12.8 Å². The first-order valence-corrected chi connectivity index (χ1v) is 12.2. The number of benzene rings is 2. The van der Waals surface area contributed by atoms with Crippen molar-refractivity contribution in [2.45, 2.75) is 25.0 Å². The summed E-state index contributed by atoms with van der Waals surface area (Å²) in [6.45, 7) is 0.614. The second-order valence-electron chi connectivity index (χ2n) is 6.64. The Labute approximate surface area is 195 Å². The lowest BCUT2D eigenvalue weighted by atomic mass is 10.1. The number of sulfonamides is 1. The van der Waals surface area contributed by atoms with Gasteiger partial charge in [0.05, 0.1) is 32.5 Å². The van der Waals surface area contributed by atoms with Crippen molar-refractivity contribution in [3.05, 3.63) is 56.5 Å². The Morgan fingerprint density at radius 2 is 1.50 bits per heavy atom. The number of rotatable bonds is 3. The van der Waals surface area contributed by atoms with Crippen LogP contribution < -0.4 is 4.74 Å². The van der Waals surface area contributed by atoms with Gasteiger partial charge in [0.2, 0.25) is 10.0 Å². The maximum absolute atomic E-state index is 11.6. The lowest BCUT2D eigenvalue weighted by Gasteiger charge is -2.21. The summed E-state index contributed by atoms with van der Waals surface area (Å²) in [6.07, 6.45) is 0.702. The Hall–Kier alpha value is -0.930. The van der Waals surface area contributed by atoms with E-state index in [-0.39, 0.29) is 5.75 Å². The number of nitrogens with zero attached hydrogens (tertiary/aromatic N) is 1. The van der Waals surface area contributed by atoms with Crippen molar-refractivity contribution in [1.29, 1.82) is 0 Å². The zero-order valence-electron chi connectivity index (χ0n) is 15.9. The van der Waals surface area contributed by atoms with Gasteiger partial charge >= 0.3 is 0 Å². The van der Waals surface area contributed by atoms with Crippen molar-refractivity contribution >= 4 is 56.4 Å². The topological polar surface area (TPSA) is 87.1 Å². The molecule has 1 aliphatic heterocycles. The van der Waals surface area contributed by atoms with Crippen LogP contribution in [0.5, 0.6) is 11.5 Å². The highest BCUT2D eigenvalue weighted by Gasteiger charge is 2.29. The van der Waals surface area contributed by atoms with Gasteiger partial charge in [-0.25, -0.2) is 12.7 Å². The van der Waals surface area contributed by atoms with Crippen molar-refractivity contribution in [3.8, 4) is 11.5 Å². The molecule has 2 atom stereocenters. The third kappa shape index (κ3) is 7.64. The minimum absolute atomic E-state index is 0.129. The maximum atomic E-state index is 11.6. The average molecular weight is 517 g/mol. The van der Waals surface area contributed by atoms with Gasteiger partial charge in [-0.2, -0.15) is 0 Å². The second kappa shape index (κ2) is 11.1. The molecule has 0 bridgehead atoms. The highest BCUT2D eigenvalue weighted by atomic mass is 35.5. The van der Waals surface area contributed by atoms with E-state index in [1.807, 2.05) is 0 Å². The molecule has 1 fully saturated rings. The van der Waals surface area contributed by atoms with E-state index in [9.17, 15) is 13.5 Å². The molecular weight excluding hydrogens is 496 g/mol. The Bertz CT molecular complexity index is 973.